The molecular weight excluding hydrogens is 286 g/mol. The summed E-state index contributed by atoms with van der Waals surface area (Å²) in [6, 6.07) is 6.56. The van der Waals surface area contributed by atoms with Gasteiger partial charge in [0, 0.05) is 12.6 Å². The molecule has 5 nitrogen and oxygen atoms in total. The van der Waals surface area contributed by atoms with Crippen molar-refractivity contribution in [3.05, 3.63) is 29.3 Å². The molecule has 0 radical (unpaired) electrons. The molecule has 0 aliphatic heterocycles. The van der Waals surface area contributed by atoms with E-state index in [4.69, 9.17) is 5.26 Å². The molecule has 1 rings (SSSR count). The van der Waals surface area contributed by atoms with Gasteiger partial charge in [0.1, 0.15) is 0 Å². The van der Waals surface area contributed by atoms with Crippen LogP contribution in [0.15, 0.2) is 23.1 Å². The molecule has 0 aliphatic carbocycles. The van der Waals surface area contributed by atoms with Gasteiger partial charge >= 0.3 is 0 Å². The van der Waals surface area contributed by atoms with Crippen molar-refractivity contribution in [2.45, 2.75) is 24.8 Å². The maximum absolute atomic E-state index is 12.1. The van der Waals surface area contributed by atoms with E-state index in [2.05, 4.69) is 10.0 Å². The van der Waals surface area contributed by atoms with Crippen molar-refractivity contribution in [3.63, 3.8) is 0 Å². The average Bonchev–Trinajstić information content (AvgIpc) is 2.35. The normalized spacial score (nSPS) is 12.3. The zero-order valence-electron chi connectivity index (χ0n) is 11.1. The summed E-state index contributed by atoms with van der Waals surface area (Å²) in [5, 5.41) is 11.7. The molecule has 0 fully saturated rings. The van der Waals surface area contributed by atoms with Gasteiger partial charge in [-0.1, -0.05) is 0 Å². The Morgan fingerprint density at radius 3 is 2.53 bits per heavy atom. The fraction of sp³-hybridized carbons (Fsp3) is 0.417. The monoisotopic (exact) mass is 303 g/mol. The van der Waals surface area contributed by atoms with E-state index in [1.54, 1.807) is 20.0 Å². The topological polar surface area (TPSA) is 82.0 Å². The van der Waals surface area contributed by atoms with Crippen LogP contribution in [0.3, 0.4) is 0 Å². The highest BCUT2D eigenvalue weighted by Gasteiger charge is 2.17. The largest absolute Gasteiger partial charge is 0.316 e. The third-order valence-electron chi connectivity index (χ3n) is 2.67. The summed E-state index contributed by atoms with van der Waals surface area (Å²) < 4.78 is 26.6. The van der Waals surface area contributed by atoms with E-state index in [-0.39, 0.29) is 23.3 Å². The van der Waals surface area contributed by atoms with Crippen LogP contribution in [0.5, 0.6) is 0 Å². The summed E-state index contributed by atoms with van der Waals surface area (Å²) in [6.07, 6.45) is 0. The second kappa shape index (κ2) is 7.46. The molecule has 1 aromatic carbocycles. The Labute approximate surface area is 120 Å². The van der Waals surface area contributed by atoms with Crippen LogP contribution in [0.2, 0.25) is 0 Å². The third kappa shape index (κ3) is 4.80. The minimum absolute atomic E-state index is 0. The Hall–Kier alpha value is -1.13. The van der Waals surface area contributed by atoms with Crippen molar-refractivity contribution < 1.29 is 8.42 Å². The zero-order chi connectivity index (χ0) is 13.8. The minimum atomic E-state index is -3.52. The van der Waals surface area contributed by atoms with Crippen LogP contribution >= 0.6 is 12.4 Å². The fourth-order valence-corrected chi connectivity index (χ4v) is 2.79. The predicted octanol–water partition coefficient (Wildman–Crippen LogP) is 1.17. The van der Waals surface area contributed by atoms with Crippen molar-refractivity contribution in [1.29, 1.82) is 5.26 Å². The number of nitrogens with zero attached hydrogens (tertiary/aromatic N) is 1. The van der Waals surface area contributed by atoms with E-state index >= 15 is 0 Å². The number of rotatable bonds is 5. The predicted molar refractivity (Wildman–Crippen MR) is 76.9 cm³/mol. The first kappa shape index (κ1) is 17.9. The molecule has 1 atom stereocenters. The first-order valence-corrected chi connectivity index (χ1v) is 7.06. The van der Waals surface area contributed by atoms with Crippen LogP contribution in [-0.2, 0) is 10.0 Å². The van der Waals surface area contributed by atoms with Crippen LogP contribution in [-0.4, -0.2) is 28.1 Å². The van der Waals surface area contributed by atoms with E-state index in [0.29, 0.717) is 17.7 Å². The molecule has 0 saturated carbocycles. The molecule has 0 bridgehead atoms. The molecule has 106 valence electrons. The SMILES string of the molecule is CNC(C)CNS(=O)(=O)c1ccc(C#N)cc1C.Cl. The summed E-state index contributed by atoms with van der Waals surface area (Å²) in [6.45, 7) is 3.88. The Bertz CT molecular complexity index is 567. The van der Waals surface area contributed by atoms with Crippen molar-refractivity contribution in [2.75, 3.05) is 13.6 Å². The molecule has 0 aliphatic rings. The number of halogens is 1. The van der Waals surface area contributed by atoms with Crippen LogP contribution in [0.1, 0.15) is 18.1 Å². The molecule has 7 heteroatoms. The lowest BCUT2D eigenvalue weighted by Gasteiger charge is -2.13. The quantitative estimate of drug-likeness (QED) is 0.855. The van der Waals surface area contributed by atoms with E-state index in [1.165, 1.54) is 12.1 Å². The Morgan fingerprint density at radius 1 is 1.42 bits per heavy atom. The van der Waals surface area contributed by atoms with Gasteiger partial charge in [0.25, 0.3) is 0 Å². The van der Waals surface area contributed by atoms with E-state index < -0.39 is 10.0 Å². The third-order valence-corrected chi connectivity index (χ3v) is 4.25. The lowest BCUT2D eigenvalue weighted by molar-refractivity contribution is 0.554. The van der Waals surface area contributed by atoms with Crippen LogP contribution < -0.4 is 10.0 Å². The van der Waals surface area contributed by atoms with Gasteiger partial charge in [-0.05, 0) is 44.7 Å². The highest BCUT2D eigenvalue weighted by molar-refractivity contribution is 7.89. The molecule has 0 spiro atoms. The fourth-order valence-electron chi connectivity index (χ4n) is 1.43. The summed E-state index contributed by atoms with van der Waals surface area (Å²) in [5.41, 5.74) is 1.02. The lowest BCUT2D eigenvalue weighted by Crippen LogP contribution is -2.37. The molecule has 2 N–H and O–H groups in total. The number of sulfonamides is 1. The van der Waals surface area contributed by atoms with Crippen molar-refractivity contribution in [1.82, 2.24) is 10.0 Å². The molecule has 1 aromatic rings. The number of hydrogen-bond acceptors (Lipinski definition) is 4. The minimum Gasteiger partial charge on any atom is -0.316 e. The number of likely N-dealkylation sites (N-methyl/N-ethyl adjacent to an activating group) is 1. The highest BCUT2D eigenvalue weighted by Crippen LogP contribution is 2.16. The lowest BCUT2D eigenvalue weighted by atomic mass is 10.2. The first-order valence-electron chi connectivity index (χ1n) is 5.58. The van der Waals surface area contributed by atoms with Gasteiger partial charge in [0.2, 0.25) is 10.0 Å². The Balaban J connectivity index is 0.00000324. The standard InChI is InChI=1S/C12H17N3O2S.ClH/c1-9-6-11(7-13)4-5-12(9)18(16,17)15-8-10(2)14-3;/h4-6,10,14-15H,8H2,1-3H3;1H. The van der Waals surface area contributed by atoms with E-state index in [9.17, 15) is 8.42 Å². The van der Waals surface area contributed by atoms with Gasteiger partial charge in [-0.3, -0.25) is 0 Å². The van der Waals surface area contributed by atoms with E-state index in [1.807, 2.05) is 13.0 Å². The second-order valence-corrected chi connectivity index (χ2v) is 5.87. The maximum Gasteiger partial charge on any atom is 0.240 e. The molecule has 19 heavy (non-hydrogen) atoms. The van der Waals surface area contributed by atoms with Crippen LogP contribution in [0, 0.1) is 18.3 Å². The Kier molecular flexibility index (Phi) is 7.01. The molecule has 0 aromatic heterocycles. The molecule has 0 saturated heterocycles. The molecular formula is C12H18ClN3O2S. The van der Waals surface area contributed by atoms with Gasteiger partial charge in [0.05, 0.1) is 16.5 Å². The Morgan fingerprint density at radius 2 is 2.05 bits per heavy atom. The zero-order valence-corrected chi connectivity index (χ0v) is 12.7. The number of aryl methyl sites for hydroxylation is 1. The molecule has 0 heterocycles. The highest BCUT2D eigenvalue weighted by atomic mass is 35.5. The first-order chi connectivity index (χ1) is 8.40. The summed E-state index contributed by atoms with van der Waals surface area (Å²) in [5.74, 6) is 0. The van der Waals surface area contributed by atoms with Crippen molar-refractivity contribution >= 4 is 22.4 Å². The van der Waals surface area contributed by atoms with E-state index in [0.717, 1.165) is 0 Å². The average molecular weight is 304 g/mol. The van der Waals surface area contributed by atoms with Gasteiger partial charge in [-0.15, -0.1) is 12.4 Å². The van der Waals surface area contributed by atoms with Crippen molar-refractivity contribution in [3.8, 4) is 6.07 Å². The van der Waals surface area contributed by atoms with Gasteiger partial charge in [0.15, 0.2) is 0 Å². The van der Waals surface area contributed by atoms with Gasteiger partial charge in [-0.2, -0.15) is 5.26 Å². The maximum atomic E-state index is 12.1. The number of nitrogens with one attached hydrogen (secondary N) is 2. The number of hydrogen-bond donors (Lipinski definition) is 2. The van der Waals surface area contributed by atoms with Crippen LogP contribution in [0.25, 0.3) is 0 Å². The summed E-state index contributed by atoms with van der Waals surface area (Å²) >= 11 is 0. The summed E-state index contributed by atoms with van der Waals surface area (Å²) in [4.78, 5) is 0.213. The van der Waals surface area contributed by atoms with Gasteiger partial charge in [-0.25, -0.2) is 13.1 Å². The molecule has 0 amide bonds. The number of nitriles is 1. The van der Waals surface area contributed by atoms with Crippen LogP contribution in [0.4, 0.5) is 0 Å². The second-order valence-electron chi connectivity index (χ2n) is 4.13. The van der Waals surface area contributed by atoms with Crippen molar-refractivity contribution in [2.24, 2.45) is 0 Å². The molecule has 1 unspecified atom stereocenters. The smallest absolute Gasteiger partial charge is 0.240 e. The number of benzene rings is 1. The summed E-state index contributed by atoms with van der Waals surface area (Å²) in [7, 11) is -1.75. The van der Waals surface area contributed by atoms with Gasteiger partial charge < -0.3 is 5.32 Å².